The molecule has 146 valence electrons. The Balaban J connectivity index is 1.59. The maximum absolute atomic E-state index is 12.0. The number of carbonyl (C=O) groups excluding carboxylic acids is 1. The second kappa shape index (κ2) is 11.2. The molecular weight excluding hydrogens is 330 g/mol. The summed E-state index contributed by atoms with van der Waals surface area (Å²) in [7, 11) is 1.68. The molecule has 0 atom stereocenters. The van der Waals surface area contributed by atoms with Crippen LogP contribution in [0.5, 0.6) is 5.75 Å². The molecule has 0 bridgehead atoms. The van der Waals surface area contributed by atoms with Crippen molar-refractivity contribution in [2.45, 2.75) is 32.9 Å². The van der Waals surface area contributed by atoms with Crippen LogP contribution in [0.4, 0.5) is 0 Å². The van der Waals surface area contributed by atoms with E-state index in [1.165, 1.54) is 5.56 Å². The molecule has 1 heterocycles. The smallest absolute Gasteiger partial charge is 0.234 e. The van der Waals surface area contributed by atoms with E-state index in [1.54, 1.807) is 7.11 Å². The Labute approximate surface area is 157 Å². The van der Waals surface area contributed by atoms with Crippen LogP contribution >= 0.6 is 0 Å². The molecule has 0 aliphatic carbocycles. The molecule has 0 spiro atoms. The Morgan fingerprint density at radius 1 is 1.12 bits per heavy atom. The number of rotatable bonds is 10. The summed E-state index contributed by atoms with van der Waals surface area (Å²) in [6.45, 7) is 10.7. The summed E-state index contributed by atoms with van der Waals surface area (Å²) >= 11 is 0. The van der Waals surface area contributed by atoms with Crippen molar-refractivity contribution in [2.75, 3.05) is 53.0 Å². The molecule has 0 radical (unpaired) electrons. The van der Waals surface area contributed by atoms with Gasteiger partial charge in [0.25, 0.3) is 0 Å². The summed E-state index contributed by atoms with van der Waals surface area (Å²) in [6, 6.07) is 8.23. The van der Waals surface area contributed by atoms with Gasteiger partial charge in [-0.3, -0.25) is 14.6 Å². The number of ether oxygens (including phenoxy) is 2. The molecule has 0 saturated carbocycles. The molecule has 0 aromatic heterocycles. The molecule has 1 aromatic rings. The van der Waals surface area contributed by atoms with Crippen LogP contribution in [0.2, 0.25) is 0 Å². The van der Waals surface area contributed by atoms with E-state index in [0.29, 0.717) is 19.7 Å². The summed E-state index contributed by atoms with van der Waals surface area (Å²) in [5.41, 5.74) is 1.29. The molecule has 1 aliphatic heterocycles. The van der Waals surface area contributed by atoms with E-state index < -0.39 is 0 Å². The molecular formula is C20H33N3O3. The van der Waals surface area contributed by atoms with Gasteiger partial charge in [0.1, 0.15) is 5.75 Å². The van der Waals surface area contributed by atoms with Crippen LogP contribution in [-0.2, 0) is 16.1 Å². The van der Waals surface area contributed by atoms with Crippen molar-refractivity contribution in [1.29, 1.82) is 0 Å². The molecule has 6 heteroatoms. The zero-order valence-corrected chi connectivity index (χ0v) is 16.4. The lowest BCUT2D eigenvalue weighted by atomic mass is 10.2. The third kappa shape index (κ3) is 7.72. The van der Waals surface area contributed by atoms with Crippen LogP contribution in [0, 0.1) is 0 Å². The standard InChI is InChI=1S/C20H33N3O3/c1-17(2)26-14-4-9-21-20(24)16-23-12-10-22(11-13-23)15-18-5-7-19(25-3)8-6-18/h5-8,17H,4,9-16H2,1-3H3,(H,21,24). The van der Waals surface area contributed by atoms with Crippen LogP contribution in [0.25, 0.3) is 0 Å². The second-order valence-electron chi connectivity index (χ2n) is 7.02. The van der Waals surface area contributed by atoms with Crippen molar-refractivity contribution < 1.29 is 14.3 Å². The van der Waals surface area contributed by atoms with Gasteiger partial charge in [0, 0.05) is 45.9 Å². The SMILES string of the molecule is COc1ccc(CN2CCN(CC(=O)NCCCOC(C)C)CC2)cc1. The first kappa shape index (κ1) is 20.7. The van der Waals surface area contributed by atoms with E-state index in [0.717, 1.165) is 44.9 Å². The minimum atomic E-state index is 0.109. The predicted molar refractivity (Wildman–Crippen MR) is 103 cm³/mol. The largest absolute Gasteiger partial charge is 0.497 e. The van der Waals surface area contributed by atoms with Gasteiger partial charge in [-0.05, 0) is 38.0 Å². The molecule has 0 unspecified atom stereocenters. The summed E-state index contributed by atoms with van der Waals surface area (Å²) in [5, 5.41) is 2.98. The quantitative estimate of drug-likeness (QED) is 0.642. The van der Waals surface area contributed by atoms with Crippen molar-refractivity contribution in [3.05, 3.63) is 29.8 Å². The third-order valence-corrected chi connectivity index (χ3v) is 4.49. The lowest BCUT2D eigenvalue weighted by Crippen LogP contribution is -2.49. The minimum Gasteiger partial charge on any atom is -0.497 e. The molecule has 1 N–H and O–H groups in total. The van der Waals surface area contributed by atoms with Crippen molar-refractivity contribution in [3.8, 4) is 5.75 Å². The summed E-state index contributed by atoms with van der Waals surface area (Å²) in [6.07, 6.45) is 1.11. The highest BCUT2D eigenvalue weighted by molar-refractivity contribution is 5.77. The molecule has 2 rings (SSSR count). The fraction of sp³-hybridized carbons (Fsp3) is 0.650. The van der Waals surface area contributed by atoms with Crippen molar-refractivity contribution in [3.63, 3.8) is 0 Å². The molecule has 6 nitrogen and oxygen atoms in total. The van der Waals surface area contributed by atoms with Crippen LogP contribution in [0.15, 0.2) is 24.3 Å². The van der Waals surface area contributed by atoms with Gasteiger partial charge in [-0.1, -0.05) is 12.1 Å². The Bertz CT molecular complexity index is 526. The lowest BCUT2D eigenvalue weighted by molar-refractivity contribution is -0.122. The molecule has 1 saturated heterocycles. The number of carbonyl (C=O) groups is 1. The molecule has 1 fully saturated rings. The van der Waals surface area contributed by atoms with Gasteiger partial charge in [0.05, 0.1) is 19.8 Å². The fourth-order valence-corrected chi connectivity index (χ4v) is 2.97. The lowest BCUT2D eigenvalue weighted by Gasteiger charge is -2.34. The topological polar surface area (TPSA) is 54.0 Å². The van der Waals surface area contributed by atoms with E-state index in [4.69, 9.17) is 9.47 Å². The normalized spacial score (nSPS) is 16.0. The minimum absolute atomic E-state index is 0.109. The Hall–Kier alpha value is -1.63. The van der Waals surface area contributed by atoms with Crippen LogP contribution in [-0.4, -0.2) is 74.8 Å². The van der Waals surface area contributed by atoms with Gasteiger partial charge in [0.15, 0.2) is 0 Å². The summed E-state index contributed by atoms with van der Waals surface area (Å²) in [4.78, 5) is 16.7. The van der Waals surface area contributed by atoms with Crippen molar-refractivity contribution >= 4 is 5.91 Å². The number of hydrogen-bond donors (Lipinski definition) is 1. The number of nitrogens with zero attached hydrogens (tertiary/aromatic N) is 2. The van der Waals surface area contributed by atoms with E-state index in [-0.39, 0.29) is 12.0 Å². The van der Waals surface area contributed by atoms with E-state index in [1.807, 2.05) is 26.0 Å². The number of nitrogens with one attached hydrogen (secondary N) is 1. The van der Waals surface area contributed by atoms with Crippen LogP contribution in [0.3, 0.4) is 0 Å². The first-order chi connectivity index (χ1) is 12.6. The molecule has 1 aromatic carbocycles. The highest BCUT2D eigenvalue weighted by Crippen LogP contribution is 2.14. The monoisotopic (exact) mass is 363 g/mol. The number of hydrogen-bond acceptors (Lipinski definition) is 5. The zero-order chi connectivity index (χ0) is 18.8. The average molecular weight is 364 g/mol. The number of piperazine rings is 1. The first-order valence-electron chi connectivity index (χ1n) is 9.52. The summed E-state index contributed by atoms with van der Waals surface area (Å²) < 4.78 is 10.7. The Kier molecular flexibility index (Phi) is 8.88. The summed E-state index contributed by atoms with van der Waals surface area (Å²) in [5.74, 6) is 0.999. The fourth-order valence-electron chi connectivity index (χ4n) is 2.97. The van der Waals surface area contributed by atoms with Gasteiger partial charge < -0.3 is 14.8 Å². The maximum Gasteiger partial charge on any atom is 0.234 e. The van der Waals surface area contributed by atoms with Gasteiger partial charge >= 0.3 is 0 Å². The predicted octanol–water partition coefficient (Wildman–Crippen LogP) is 1.74. The van der Waals surface area contributed by atoms with Gasteiger partial charge in [0.2, 0.25) is 5.91 Å². The van der Waals surface area contributed by atoms with Gasteiger partial charge in [-0.2, -0.15) is 0 Å². The van der Waals surface area contributed by atoms with Gasteiger partial charge in [-0.25, -0.2) is 0 Å². The Morgan fingerprint density at radius 3 is 2.38 bits per heavy atom. The highest BCUT2D eigenvalue weighted by Gasteiger charge is 2.18. The van der Waals surface area contributed by atoms with E-state index in [9.17, 15) is 4.79 Å². The third-order valence-electron chi connectivity index (χ3n) is 4.49. The van der Waals surface area contributed by atoms with E-state index in [2.05, 4.69) is 27.2 Å². The molecule has 26 heavy (non-hydrogen) atoms. The number of methoxy groups -OCH3 is 1. The van der Waals surface area contributed by atoms with Gasteiger partial charge in [-0.15, -0.1) is 0 Å². The van der Waals surface area contributed by atoms with Crippen LogP contribution < -0.4 is 10.1 Å². The first-order valence-corrected chi connectivity index (χ1v) is 9.52. The van der Waals surface area contributed by atoms with Crippen molar-refractivity contribution in [1.82, 2.24) is 15.1 Å². The number of benzene rings is 1. The molecule has 1 aliphatic rings. The second-order valence-corrected chi connectivity index (χ2v) is 7.02. The van der Waals surface area contributed by atoms with Crippen molar-refractivity contribution in [2.24, 2.45) is 0 Å². The Morgan fingerprint density at radius 2 is 1.77 bits per heavy atom. The zero-order valence-electron chi connectivity index (χ0n) is 16.4. The average Bonchev–Trinajstić information content (AvgIpc) is 2.63. The van der Waals surface area contributed by atoms with Crippen LogP contribution in [0.1, 0.15) is 25.8 Å². The number of amides is 1. The van der Waals surface area contributed by atoms with E-state index >= 15 is 0 Å². The maximum atomic E-state index is 12.0. The highest BCUT2D eigenvalue weighted by atomic mass is 16.5. The molecule has 1 amide bonds.